The van der Waals surface area contributed by atoms with E-state index in [0.717, 1.165) is 27.1 Å². The summed E-state index contributed by atoms with van der Waals surface area (Å²) in [5.74, 6) is 0. The van der Waals surface area contributed by atoms with Crippen LogP contribution in [0.4, 0.5) is 0 Å². The van der Waals surface area contributed by atoms with Crippen LogP contribution in [0.1, 0.15) is 19.4 Å². The van der Waals surface area contributed by atoms with Crippen LogP contribution >= 0.6 is 23.4 Å². The van der Waals surface area contributed by atoms with Crippen LogP contribution in [-0.2, 0) is 6.54 Å². The van der Waals surface area contributed by atoms with E-state index in [2.05, 4.69) is 41.3 Å². The Morgan fingerprint density at radius 1 is 1.32 bits per heavy atom. The molecule has 0 aliphatic heterocycles. The van der Waals surface area contributed by atoms with Crippen molar-refractivity contribution >= 4 is 23.4 Å². The van der Waals surface area contributed by atoms with Gasteiger partial charge in [0.05, 0.1) is 0 Å². The molecule has 0 spiro atoms. The fraction of sp³-hybridized carbons (Fsp3) is 0.286. The van der Waals surface area contributed by atoms with Crippen molar-refractivity contribution in [3.8, 4) is 0 Å². The molecular formula is C14H16ClN3S. The average molecular weight is 294 g/mol. The first-order valence-electron chi connectivity index (χ1n) is 6.11. The summed E-state index contributed by atoms with van der Waals surface area (Å²) in [6, 6.07) is 8.43. The number of nitrogens with one attached hydrogen (secondary N) is 1. The molecule has 1 heterocycles. The van der Waals surface area contributed by atoms with Crippen LogP contribution in [0.15, 0.2) is 46.7 Å². The van der Waals surface area contributed by atoms with Crippen LogP contribution in [0.3, 0.4) is 0 Å². The first-order valence-corrected chi connectivity index (χ1v) is 7.30. The van der Waals surface area contributed by atoms with E-state index >= 15 is 0 Å². The van der Waals surface area contributed by atoms with Crippen LogP contribution in [0.5, 0.6) is 0 Å². The van der Waals surface area contributed by atoms with E-state index < -0.39 is 0 Å². The third-order valence-electron chi connectivity index (χ3n) is 2.50. The van der Waals surface area contributed by atoms with Crippen LogP contribution in [-0.4, -0.2) is 16.0 Å². The van der Waals surface area contributed by atoms with Crippen molar-refractivity contribution in [2.24, 2.45) is 0 Å². The van der Waals surface area contributed by atoms with Crippen molar-refractivity contribution in [2.45, 2.75) is 36.4 Å². The number of nitrogens with zero attached hydrogens (tertiary/aromatic N) is 2. The number of aromatic nitrogens is 2. The van der Waals surface area contributed by atoms with Gasteiger partial charge >= 0.3 is 0 Å². The van der Waals surface area contributed by atoms with E-state index in [-0.39, 0.29) is 0 Å². The zero-order valence-electron chi connectivity index (χ0n) is 10.9. The smallest absolute Gasteiger partial charge is 0.116 e. The third kappa shape index (κ3) is 4.49. The summed E-state index contributed by atoms with van der Waals surface area (Å²) < 4.78 is 0. The van der Waals surface area contributed by atoms with Gasteiger partial charge in [-0.1, -0.05) is 43.3 Å². The van der Waals surface area contributed by atoms with Gasteiger partial charge in [0, 0.05) is 28.7 Å². The summed E-state index contributed by atoms with van der Waals surface area (Å²) in [7, 11) is 0. The second-order valence-electron chi connectivity index (χ2n) is 4.44. The summed E-state index contributed by atoms with van der Waals surface area (Å²) in [5, 5.41) is 5.06. The lowest BCUT2D eigenvalue weighted by Crippen LogP contribution is -2.21. The second-order valence-corrected chi connectivity index (χ2v) is 5.94. The minimum Gasteiger partial charge on any atom is -0.310 e. The Hall–Kier alpha value is -1.10. The summed E-state index contributed by atoms with van der Waals surface area (Å²) in [5.41, 5.74) is 1.11. The zero-order valence-corrected chi connectivity index (χ0v) is 12.5. The SMILES string of the molecule is CC(C)NCc1ccc(Sc2ccncn2)cc1Cl. The molecule has 0 atom stereocenters. The molecule has 0 aliphatic rings. The van der Waals surface area contributed by atoms with Crippen LogP contribution < -0.4 is 5.32 Å². The molecule has 0 amide bonds. The molecule has 0 aliphatic carbocycles. The summed E-state index contributed by atoms with van der Waals surface area (Å²) in [4.78, 5) is 9.16. The molecule has 0 saturated heterocycles. The molecule has 100 valence electrons. The third-order valence-corrected chi connectivity index (χ3v) is 3.79. The molecule has 1 aromatic heterocycles. The standard InChI is InChI=1S/C14H16ClN3S/c1-10(2)17-8-11-3-4-12(7-13(11)15)19-14-5-6-16-9-18-14/h3-7,9-10,17H,8H2,1-2H3. The summed E-state index contributed by atoms with van der Waals surface area (Å²) in [6.07, 6.45) is 3.28. The predicted molar refractivity (Wildman–Crippen MR) is 79.6 cm³/mol. The minimum absolute atomic E-state index is 0.450. The lowest BCUT2D eigenvalue weighted by molar-refractivity contribution is 0.589. The molecule has 0 fully saturated rings. The lowest BCUT2D eigenvalue weighted by atomic mass is 10.2. The largest absolute Gasteiger partial charge is 0.310 e. The molecule has 2 rings (SSSR count). The maximum Gasteiger partial charge on any atom is 0.116 e. The van der Waals surface area contributed by atoms with Gasteiger partial charge in [0.15, 0.2) is 0 Å². The van der Waals surface area contributed by atoms with Gasteiger partial charge in [-0.3, -0.25) is 0 Å². The second kappa shape index (κ2) is 6.89. The van der Waals surface area contributed by atoms with Crippen LogP contribution in [0.25, 0.3) is 0 Å². The van der Waals surface area contributed by atoms with Gasteiger partial charge in [0.2, 0.25) is 0 Å². The lowest BCUT2D eigenvalue weighted by Gasteiger charge is -2.10. The molecule has 0 bridgehead atoms. The molecule has 3 nitrogen and oxygen atoms in total. The van der Waals surface area contributed by atoms with Crippen molar-refractivity contribution in [2.75, 3.05) is 0 Å². The van der Waals surface area contributed by atoms with E-state index in [9.17, 15) is 0 Å². The van der Waals surface area contributed by atoms with Crippen LogP contribution in [0.2, 0.25) is 5.02 Å². The molecular weight excluding hydrogens is 278 g/mol. The molecule has 1 aromatic carbocycles. The van der Waals surface area contributed by atoms with Gasteiger partial charge in [-0.05, 0) is 23.8 Å². The van der Waals surface area contributed by atoms with Crippen molar-refractivity contribution in [3.05, 3.63) is 47.4 Å². The van der Waals surface area contributed by atoms with Gasteiger partial charge in [-0.25, -0.2) is 9.97 Å². The molecule has 1 N–H and O–H groups in total. The molecule has 0 unspecified atom stereocenters. The number of hydrogen-bond donors (Lipinski definition) is 1. The van der Waals surface area contributed by atoms with E-state index in [1.165, 1.54) is 0 Å². The fourth-order valence-electron chi connectivity index (χ4n) is 1.51. The topological polar surface area (TPSA) is 37.8 Å². The quantitative estimate of drug-likeness (QED) is 0.852. The van der Waals surface area contributed by atoms with Gasteiger partial charge in [0.25, 0.3) is 0 Å². The first-order chi connectivity index (χ1) is 9.15. The van der Waals surface area contributed by atoms with Crippen molar-refractivity contribution in [1.82, 2.24) is 15.3 Å². The number of halogens is 1. The van der Waals surface area contributed by atoms with Crippen molar-refractivity contribution in [3.63, 3.8) is 0 Å². The summed E-state index contributed by atoms with van der Waals surface area (Å²) in [6.45, 7) is 5.02. The number of hydrogen-bond acceptors (Lipinski definition) is 4. The average Bonchev–Trinajstić information content (AvgIpc) is 2.39. The molecule has 5 heteroatoms. The van der Waals surface area contributed by atoms with Crippen molar-refractivity contribution < 1.29 is 0 Å². The number of benzene rings is 1. The fourth-order valence-corrected chi connectivity index (χ4v) is 2.60. The van der Waals surface area contributed by atoms with E-state index in [0.29, 0.717) is 6.04 Å². The highest BCUT2D eigenvalue weighted by molar-refractivity contribution is 7.99. The monoisotopic (exact) mass is 293 g/mol. The molecule has 19 heavy (non-hydrogen) atoms. The molecule has 0 radical (unpaired) electrons. The Balaban J connectivity index is 2.06. The molecule has 0 saturated carbocycles. The van der Waals surface area contributed by atoms with Crippen molar-refractivity contribution in [1.29, 1.82) is 0 Å². The van der Waals surface area contributed by atoms with Crippen LogP contribution in [0, 0.1) is 0 Å². The van der Waals surface area contributed by atoms with E-state index in [1.807, 2.05) is 12.1 Å². The highest BCUT2D eigenvalue weighted by Crippen LogP contribution is 2.29. The predicted octanol–water partition coefficient (Wildman–Crippen LogP) is 3.78. The Labute approximate surface area is 122 Å². The number of rotatable bonds is 5. The summed E-state index contributed by atoms with van der Waals surface area (Å²) >= 11 is 7.87. The highest BCUT2D eigenvalue weighted by Gasteiger charge is 2.04. The Morgan fingerprint density at radius 2 is 2.16 bits per heavy atom. The van der Waals surface area contributed by atoms with Gasteiger partial charge in [-0.15, -0.1) is 0 Å². The maximum atomic E-state index is 6.29. The van der Waals surface area contributed by atoms with E-state index in [4.69, 9.17) is 11.6 Å². The van der Waals surface area contributed by atoms with E-state index in [1.54, 1.807) is 24.3 Å². The van der Waals surface area contributed by atoms with Gasteiger partial charge in [-0.2, -0.15) is 0 Å². The maximum absolute atomic E-state index is 6.29. The Kier molecular flexibility index (Phi) is 5.19. The van der Waals surface area contributed by atoms with Gasteiger partial charge in [0.1, 0.15) is 11.4 Å². The van der Waals surface area contributed by atoms with Gasteiger partial charge < -0.3 is 5.32 Å². The Bertz CT molecular complexity index is 531. The minimum atomic E-state index is 0.450. The first kappa shape index (κ1) is 14.3. The Morgan fingerprint density at radius 3 is 2.79 bits per heavy atom. The normalized spacial score (nSPS) is 10.9. The zero-order chi connectivity index (χ0) is 13.7. The highest BCUT2D eigenvalue weighted by atomic mass is 35.5. The molecule has 2 aromatic rings.